The van der Waals surface area contributed by atoms with Gasteiger partial charge in [-0.2, -0.15) is 5.10 Å². The average Bonchev–Trinajstić information content (AvgIpc) is 2.71. The number of Topliss-reactive ketones (excluding diaryl/α,β-unsaturated/α-hetero) is 1. The molecule has 0 aromatic carbocycles. The summed E-state index contributed by atoms with van der Waals surface area (Å²) < 4.78 is 1.92. The number of aryl methyl sites for hydroxylation is 1. The van der Waals surface area contributed by atoms with E-state index in [1.54, 1.807) is 6.20 Å². The van der Waals surface area contributed by atoms with Crippen molar-refractivity contribution in [2.75, 3.05) is 0 Å². The standard InChI is InChI=1S/C10H14N2O/c1-2-12-9(6-7-11-12)8-4-3-5-10(8)13/h6-8H,2-5H2,1H3. The van der Waals surface area contributed by atoms with Crippen LogP contribution in [0.15, 0.2) is 12.3 Å². The lowest BCUT2D eigenvalue weighted by Gasteiger charge is -2.09. The van der Waals surface area contributed by atoms with Crippen LogP contribution < -0.4 is 0 Å². The van der Waals surface area contributed by atoms with Gasteiger partial charge in [0.2, 0.25) is 0 Å². The van der Waals surface area contributed by atoms with E-state index in [1.165, 1.54) is 0 Å². The molecule has 1 aliphatic rings. The lowest BCUT2D eigenvalue weighted by molar-refractivity contribution is -0.118. The predicted molar refractivity (Wildman–Crippen MR) is 49.5 cm³/mol. The number of aromatic nitrogens is 2. The SMILES string of the molecule is CCn1nccc1C1CCCC1=O. The zero-order chi connectivity index (χ0) is 9.26. The first kappa shape index (κ1) is 8.48. The average molecular weight is 178 g/mol. The molecule has 0 bridgehead atoms. The van der Waals surface area contributed by atoms with Crippen molar-refractivity contribution in [3.8, 4) is 0 Å². The fraction of sp³-hybridized carbons (Fsp3) is 0.600. The van der Waals surface area contributed by atoms with Gasteiger partial charge in [-0.3, -0.25) is 9.48 Å². The molecule has 1 saturated carbocycles. The van der Waals surface area contributed by atoms with Crippen LogP contribution in [0.5, 0.6) is 0 Å². The van der Waals surface area contributed by atoms with Crippen LogP contribution in [0.3, 0.4) is 0 Å². The Morgan fingerprint density at radius 3 is 3.15 bits per heavy atom. The van der Waals surface area contributed by atoms with Crippen molar-refractivity contribution in [2.45, 2.75) is 38.6 Å². The first-order chi connectivity index (χ1) is 6.33. The van der Waals surface area contributed by atoms with E-state index in [0.717, 1.165) is 31.5 Å². The largest absolute Gasteiger partial charge is 0.299 e. The molecule has 13 heavy (non-hydrogen) atoms. The smallest absolute Gasteiger partial charge is 0.141 e. The van der Waals surface area contributed by atoms with E-state index in [4.69, 9.17) is 0 Å². The lowest BCUT2D eigenvalue weighted by atomic mass is 10.0. The van der Waals surface area contributed by atoms with E-state index in [-0.39, 0.29) is 5.92 Å². The predicted octanol–water partition coefficient (Wildman–Crippen LogP) is 1.74. The van der Waals surface area contributed by atoms with Crippen LogP contribution in [-0.2, 0) is 11.3 Å². The second kappa shape index (κ2) is 3.32. The second-order valence-corrected chi connectivity index (χ2v) is 3.48. The molecule has 1 fully saturated rings. The molecule has 0 radical (unpaired) electrons. The Kier molecular flexibility index (Phi) is 2.17. The van der Waals surface area contributed by atoms with Crippen LogP contribution in [0.1, 0.15) is 37.8 Å². The molecule has 0 N–H and O–H groups in total. The third-order valence-corrected chi connectivity index (χ3v) is 2.71. The minimum absolute atomic E-state index is 0.127. The zero-order valence-electron chi connectivity index (χ0n) is 7.86. The van der Waals surface area contributed by atoms with E-state index in [0.29, 0.717) is 5.78 Å². The van der Waals surface area contributed by atoms with Crippen molar-refractivity contribution in [3.05, 3.63) is 18.0 Å². The highest BCUT2D eigenvalue weighted by Crippen LogP contribution is 2.30. The van der Waals surface area contributed by atoms with Gasteiger partial charge in [0.05, 0.1) is 5.92 Å². The van der Waals surface area contributed by atoms with Crippen LogP contribution in [0.2, 0.25) is 0 Å². The Labute approximate surface area is 77.7 Å². The Balaban J connectivity index is 2.28. The van der Waals surface area contributed by atoms with Crippen LogP contribution >= 0.6 is 0 Å². The van der Waals surface area contributed by atoms with Crippen LogP contribution in [0, 0.1) is 0 Å². The van der Waals surface area contributed by atoms with Crippen molar-refractivity contribution in [1.29, 1.82) is 0 Å². The second-order valence-electron chi connectivity index (χ2n) is 3.48. The normalized spacial score (nSPS) is 22.5. The van der Waals surface area contributed by atoms with Crippen LogP contribution in [0.25, 0.3) is 0 Å². The highest BCUT2D eigenvalue weighted by molar-refractivity contribution is 5.87. The van der Waals surface area contributed by atoms with Crippen molar-refractivity contribution < 1.29 is 4.79 Å². The molecule has 1 heterocycles. The maximum Gasteiger partial charge on any atom is 0.141 e. The van der Waals surface area contributed by atoms with Gasteiger partial charge in [0.15, 0.2) is 0 Å². The molecule has 1 aromatic heterocycles. The summed E-state index contributed by atoms with van der Waals surface area (Å²) in [6.45, 7) is 2.90. The van der Waals surface area contributed by atoms with Crippen molar-refractivity contribution in [1.82, 2.24) is 9.78 Å². The molecule has 0 saturated heterocycles. The summed E-state index contributed by atoms with van der Waals surface area (Å²) in [6.07, 6.45) is 4.58. The summed E-state index contributed by atoms with van der Waals surface area (Å²) in [5.74, 6) is 0.512. The molecular weight excluding hydrogens is 164 g/mol. The molecule has 3 nitrogen and oxygen atoms in total. The lowest BCUT2D eigenvalue weighted by Crippen LogP contribution is -2.11. The Morgan fingerprint density at radius 1 is 1.69 bits per heavy atom. The molecule has 1 atom stereocenters. The number of rotatable bonds is 2. The van der Waals surface area contributed by atoms with E-state index in [9.17, 15) is 4.79 Å². The van der Waals surface area contributed by atoms with E-state index in [1.807, 2.05) is 10.7 Å². The maximum absolute atomic E-state index is 11.5. The molecule has 1 unspecified atom stereocenters. The van der Waals surface area contributed by atoms with Gasteiger partial charge >= 0.3 is 0 Å². The summed E-state index contributed by atoms with van der Waals surface area (Å²) in [4.78, 5) is 11.5. The van der Waals surface area contributed by atoms with Crippen molar-refractivity contribution in [2.24, 2.45) is 0 Å². The van der Waals surface area contributed by atoms with Gasteiger partial charge in [0.25, 0.3) is 0 Å². The topological polar surface area (TPSA) is 34.9 Å². The van der Waals surface area contributed by atoms with Crippen molar-refractivity contribution >= 4 is 5.78 Å². The maximum atomic E-state index is 11.5. The fourth-order valence-corrected chi connectivity index (χ4v) is 2.03. The van der Waals surface area contributed by atoms with Gasteiger partial charge < -0.3 is 0 Å². The third kappa shape index (κ3) is 1.39. The van der Waals surface area contributed by atoms with E-state index in [2.05, 4.69) is 12.0 Å². The van der Waals surface area contributed by atoms with Crippen molar-refractivity contribution in [3.63, 3.8) is 0 Å². The molecule has 0 spiro atoms. The van der Waals surface area contributed by atoms with Gasteiger partial charge in [-0.05, 0) is 25.8 Å². The van der Waals surface area contributed by atoms with Gasteiger partial charge in [0, 0.05) is 24.9 Å². The Morgan fingerprint density at radius 2 is 2.54 bits per heavy atom. The number of carbonyl (C=O) groups excluding carboxylic acids is 1. The molecule has 2 rings (SSSR count). The third-order valence-electron chi connectivity index (χ3n) is 2.71. The molecule has 1 aliphatic carbocycles. The number of hydrogen-bond acceptors (Lipinski definition) is 2. The van der Waals surface area contributed by atoms with Gasteiger partial charge in [-0.15, -0.1) is 0 Å². The Hall–Kier alpha value is -1.12. The summed E-state index contributed by atoms with van der Waals surface area (Å²) >= 11 is 0. The number of hydrogen-bond donors (Lipinski definition) is 0. The zero-order valence-corrected chi connectivity index (χ0v) is 7.86. The van der Waals surface area contributed by atoms with Gasteiger partial charge in [-0.25, -0.2) is 0 Å². The first-order valence-electron chi connectivity index (χ1n) is 4.87. The highest BCUT2D eigenvalue weighted by atomic mass is 16.1. The van der Waals surface area contributed by atoms with Crippen LogP contribution in [-0.4, -0.2) is 15.6 Å². The summed E-state index contributed by atoms with van der Waals surface area (Å²) in [6, 6.07) is 1.97. The molecule has 1 aromatic rings. The number of nitrogens with zero attached hydrogens (tertiary/aromatic N) is 2. The first-order valence-corrected chi connectivity index (χ1v) is 4.87. The monoisotopic (exact) mass is 178 g/mol. The van der Waals surface area contributed by atoms with Gasteiger partial charge in [0.1, 0.15) is 5.78 Å². The molecule has 0 amide bonds. The van der Waals surface area contributed by atoms with E-state index >= 15 is 0 Å². The van der Waals surface area contributed by atoms with E-state index < -0.39 is 0 Å². The summed E-state index contributed by atoms with van der Waals surface area (Å²) in [5.41, 5.74) is 1.10. The molecule has 70 valence electrons. The molecule has 0 aliphatic heterocycles. The van der Waals surface area contributed by atoms with Crippen LogP contribution in [0.4, 0.5) is 0 Å². The molecular formula is C10H14N2O. The fourth-order valence-electron chi connectivity index (χ4n) is 2.03. The highest BCUT2D eigenvalue weighted by Gasteiger charge is 2.28. The Bertz CT molecular complexity index is 316. The quantitative estimate of drug-likeness (QED) is 0.691. The minimum atomic E-state index is 0.127. The summed E-state index contributed by atoms with van der Waals surface area (Å²) in [5, 5.41) is 4.18. The summed E-state index contributed by atoms with van der Waals surface area (Å²) in [7, 11) is 0. The number of ketones is 1. The molecule has 3 heteroatoms. The number of carbonyl (C=O) groups is 1. The minimum Gasteiger partial charge on any atom is -0.299 e. The van der Waals surface area contributed by atoms with Gasteiger partial charge in [-0.1, -0.05) is 0 Å².